The monoisotopic (exact) mass is 283 g/mol. The zero-order valence-corrected chi connectivity index (χ0v) is 11.6. The van der Waals surface area contributed by atoms with E-state index in [1.54, 1.807) is 25.1 Å². The normalized spacial score (nSPS) is 18.9. The minimum Gasteiger partial charge on any atom is -0.478 e. The fraction of sp³-hybridized carbons (Fsp3) is 0.462. The summed E-state index contributed by atoms with van der Waals surface area (Å²) in [5.74, 6) is -0.551. The molecule has 6 heteroatoms. The van der Waals surface area contributed by atoms with Crippen LogP contribution in [0.5, 0.6) is 0 Å². The summed E-state index contributed by atoms with van der Waals surface area (Å²) < 4.78 is 23.1. The van der Waals surface area contributed by atoms with E-state index >= 15 is 0 Å². The van der Waals surface area contributed by atoms with Crippen molar-refractivity contribution in [3.05, 3.63) is 29.3 Å². The van der Waals surface area contributed by atoms with Crippen molar-refractivity contribution in [3.8, 4) is 0 Å². The quantitative estimate of drug-likeness (QED) is 0.886. The molecule has 1 fully saturated rings. The fourth-order valence-electron chi connectivity index (χ4n) is 2.28. The molecule has 0 unspecified atom stereocenters. The number of aryl methyl sites for hydroxylation is 1. The van der Waals surface area contributed by atoms with E-state index in [-0.39, 0.29) is 17.1 Å². The lowest BCUT2D eigenvalue weighted by Crippen LogP contribution is -2.26. The predicted octanol–water partition coefficient (Wildman–Crippen LogP) is 1.32. The average Bonchev–Trinajstić information content (AvgIpc) is 2.49. The molecule has 1 aliphatic rings. The minimum atomic E-state index is -2.93. The third kappa shape index (κ3) is 3.26. The third-order valence-corrected chi connectivity index (χ3v) is 5.08. The van der Waals surface area contributed by atoms with Crippen LogP contribution in [0.2, 0.25) is 0 Å². The molecular weight excluding hydrogens is 266 g/mol. The van der Waals surface area contributed by atoms with E-state index in [1.165, 1.54) is 0 Å². The van der Waals surface area contributed by atoms with E-state index < -0.39 is 15.8 Å². The van der Waals surface area contributed by atoms with E-state index in [9.17, 15) is 13.2 Å². The smallest absolute Gasteiger partial charge is 0.335 e. The van der Waals surface area contributed by atoms with Gasteiger partial charge < -0.3 is 10.0 Å². The van der Waals surface area contributed by atoms with Crippen molar-refractivity contribution in [1.29, 1.82) is 0 Å². The summed E-state index contributed by atoms with van der Waals surface area (Å²) >= 11 is 0. The lowest BCUT2D eigenvalue weighted by Gasteiger charge is -2.22. The maximum absolute atomic E-state index is 11.6. The Kier molecular flexibility index (Phi) is 3.80. The third-order valence-electron chi connectivity index (χ3n) is 3.36. The molecule has 1 heterocycles. The van der Waals surface area contributed by atoms with Crippen LogP contribution in [0.1, 0.15) is 22.3 Å². The number of hydrogen-bond acceptors (Lipinski definition) is 4. The van der Waals surface area contributed by atoms with E-state index in [0.717, 1.165) is 5.69 Å². The van der Waals surface area contributed by atoms with Gasteiger partial charge in [-0.3, -0.25) is 0 Å². The van der Waals surface area contributed by atoms with Gasteiger partial charge in [-0.1, -0.05) is 0 Å². The van der Waals surface area contributed by atoms with Crippen molar-refractivity contribution in [1.82, 2.24) is 0 Å². The lowest BCUT2D eigenvalue weighted by atomic mass is 10.1. The number of carboxylic acids is 1. The Labute approximate surface area is 112 Å². The molecule has 2 rings (SSSR count). The van der Waals surface area contributed by atoms with Crippen LogP contribution in [0.4, 0.5) is 5.69 Å². The van der Waals surface area contributed by atoms with E-state index in [2.05, 4.69) is 0 Å². The van der Waals surface area contributed by atoms with Crippen LogP contribution in [0, 0.1) is 6.92 Å². The Morgan fingerprint density at radius 2 is 2.00 bits per heavy atom. The van der Waals surface area contributed by atoms with Crippen LogP contribution in [0.3, 0.4) is 0 Å². The fourth-order valence-corrected chi connectivity index (χ4v) is 3.55. The van der Waals surface area contributed by atoms with Gasteiger partial charge >= 0.3 is 5.97 Å². The second-order valence-electron chi connectivity index (χ2n) is 4.80. The first kappa shape index (κ1) is 13.9. The van der Waals surface area contributed by atoms with Crippen LogP contribution >= 0.6 is 0 Å². The molecule has 0 aliphatic carbocycles. The highest BCUT2D eigenvalue weighted by Gasteiger charge is 2.20. The molecule has 5 nitrogen and oxygen atoms in total. The molecule has 1 aliphatic heterocycles. The number of benzene rings is 1. The summed E-state index contributed by atoms with van der Waals surface area (Å²) in [6, 6.07) is 5.13. The Hall–Kier alpha value is -1.56. The zero-order chi connectivity index (χ0) is 14.0. The number of anilines is 1. The van der Waals surface area contributed by atoms with E-state index in [1.807, 2.05) is 4.90 Å². The summed E-state index contributed by atoms with van der Waals surface area (Å²) in [4.78, 5) is 13.0. The summed E-state index contributed by atoms with van der Waals surface area (Å²) in [5, 5.41) is 8.99. The summed E-state index contributed by atoms with van der Waals surface area (Å²) in [6.45, 7) is 2.90. The first-order chi connectivity index (χ1) is 8.89. The number of sulfone groups is 1. The zero-order valence-electron chi connectivity index (χ0n) is 10.8. The van der Waals surface area contributed by atoms with Gasteiger partial charge in [0.25, 0.3) is 0 Å². The highest BCUT2D eigenvalue weighted by molar-refractivity contribution is 7.91. The first-order valence-electron chi connectivity index (χ1n) is 6.18. The Morgan fingerprint density at radius 1 is 1.26 bits per heavy atom. The second-order valence-corrected chi connectivity index (χ2v) is 7.10. The highest BCUT2D eigenvalue weighted by atomic mass is 32.2. The van der Waals surface area contributed by atoms with Gasteiger partial charge in [-0.25, -0.2) is 13.2 Å². The van der Waals surface area contributed by atoms with Crippen molar-refractivity contribution >= 4 is 21.5 Å². The van der Waals surface area contributed by atoms with Gasteiger partial charge in [0.2, 0.25) is 0 Å². The number of carbonyl (C=O) groups is 1. The van der Waals surface area contributed by atoms with Crippen LogP contribution in [0.25, 0.3) is 0 Å². The van der Waals surface area contributed by atoms with Gasteiger partial charge in [0, 0.05) is 18.8 Å². The van der Waals surface area contributed by atoms with Crippen molar-refractivity contribution in [3.63, 3.8) is 0 Å². The van der Waals surface area contributed by atoms with E-state index in [4.69, 9.17) is 5.11 Å². The molecule has 1 aromatic carbocycles. The molecule has 1 aromatic rings. The SMILES string of the molecule is Cc1cc(N2CCCS(=O)(=O)CC2)ccc1C(=O)O. The molecule has 0 radical (unpaired) electrons. The average molecular weight is 283 g/mol. The molecule has 0 spiro atoms. The van der Waals surface area contributed by atoms with Gasteiger partial charge in [0.05, 0.1) is 17.1 Å². The largest absolute Gasteiger partial charge is 0.478 e. The second kappa shape index (κ2) is 5.21. The van der Waals surface area contributed by atoms with Gasteiger partial charge in [-0.05, 0) is 37.1 Å². The molecule has 0 amide bonds. The molecular formula is C13H17NO4S. The Morgan fingerprint density at radius 3 is 2.63 bits per heavy atom. The number of aromatic carboxylic acids is 1. The molecule has 0 atom stereocenters. The molecule has 19 heavy (non-hydrogen) atoms. The van der Waals surface area contributed by atoms with Crippen LogP contribution < -0.4 is 4.90 Å². The maximum atomic E-state index is 11.6. The minimum absolute atomic E-state index is 0.159. The molecule has 104 valence electrons. The maximum Gasteiger partial charge on any atom is 0.335 e. The van der Waals surface area contributed by atoms with Crippen LogP contribution in [-0.2, 0) is 9.84 Å². The van der Waals surface area contributed by atoms with Crippen molar-refractivity contribution in [2.24, 2.45) is 0 Å². The standard InChI is InChI=1S/C13H17NO4S/c1-10-9-11(3-4-12(10)13(15)16)14-5-2-7-19(17,18)8-6-14/h3-4,9H,2,5-8H2,1H3,(H,15,16). The van der Waals surface area contributed by atoms with Crippen LogP contribution in [-0.4, -0.2) is 44.1 Å². The van der Waals surface area contributed by atoms with E-state index in [0.29, 0.717) is 25.1 Å². The highest BCUT2D eigenvalue weighted by Crippen LogP contribution is 2.21. The van der Waals surface area contributed by atoms with Crippen molar-refractivity contribution < 1.29 is 18.3 Å². The van der Waals surface area contributed by atoms with Gasteiger partial charge in [-0.15, -0.1) is 0 Å². The topological polar surface area (TPSA) is 74.7 Å². The summed E-state index contributed by atoms with van der Waals surface area (Å²) in [6.07, 6.45) is 0.613. The summed E-state index contributed by atoms with van der Waals surface area (Å²) in [5.41, 5.74) is 1.86. The molecule has 1 N–H and O–H groups in total. The molecule has 1 saturated heterocycles. The Bertz CT molecular complexity index is 595. The number of nitrogens with zero attached hydrogens (tertiary/aromatic N) is 1. The first-order valence-corrected chi connectivity index (χ1v) is 8.00. The number of hydrogen-bond donors (Lipinski definition) is 1. The van der Waals surface area contributed by atoms with Crippen molar-refractivity contribution in [2.45, 2.75) is 13.3 Å². The molecule has 0 aromatic heterocycles. The lowest BCUT2D eigenvalue weighted by molar-refractivity contribution is 0.0696. The van der Waals surface area contributed by atoms with Gasteiger partial charge in [0.1, 0.15) is 0 Å². The summed E-state index contributed by atoms with van der Waals surface area (Å²) in [7, 11) is -2.93. The Balaban J connectivity index is 2.23. The predicted molar refractivity (Wildman–Crippen MR) is 73.6 cm³/mol. The van der Waals surface area contributed by atoms with Gasteiger partial charge in [-0.2, -0.15) is 0 Å². The van der Waals surface area contributed by atoms with Crippen molar-refractivity contribution in [2.75, 3.05) is 29.5 Å². The number of rotatable bonds is 2. The van der Waals surface area contributed by atoms with Gasteiger partial charge in [0.15, 0.2) is 9.84 Å². The molecule has 0 saturated carbocycles. The molecule has 0 bridgehead atoms. The number of carboxylic acid groups (broad SMARTS) is 1. The van der Waals surface area contributed by atoms with Crippen LogP contribution in [0.15, 0.2) is 18.2 Å².